The first-order valence-corrected chi connectivity index (χ1v) is 12.3. The number of fused-ring (bicyclic) bond motifs is 1. The summed E-state index contributed by atoms with van der Waals surface area (Å²) in [5.74, 6) is 0. The third kappa shape index (κ3) is 4.96. The van der Waals surface area contributed by atoms with Gasteiger partial charge >= 0.3 is 6.03 Å². The number of rotatable bonds is 7. The van der Waals surface area contributed by atoms with Crippen LogP contribution in [0, 0.1) is 0 Å². The molecule has 3 heterocycles. The summed E-state index contributed by atoms with van der Waals surface area (Å²) >= 11 is 0. The summed E-state index contributed by atoms with van der Waals surface area (Å²) in [5, 5.41) is 12.0. The summed E-state index contributed by atoms with van der Waals surface area (Å²) < 4.78 is 1.95. The number of carbonyl (C=O) groups excluding carboxylic acids is 1. The van der Waals surface area contributed by atoms with E-state index in [9.17, 15) is 4.79 Å². The first kappa shape index (κ1) is 24.3. The Balaban J connectivity index is 1.56. The van der Waals surface area contributed by atoms with Gasteiger partial charge in [-0.05, 0) is 61.0 Å². The highest BCUT2D eigenvalue weighted by atomic mass is 16.2. The second-order valence-electron chi connectivity index (χ2n) is 9.18. The predicted octanol–water partition coefficient (Wildman–Crippen LogP) is 5.59. The first-order chi connectivity index (χ1) is 18.0. The minimum atomic E-state index is -0.164. The van der Waals surface area contributed by atoms with E-state index >= 15 is 0 Å². The largest absolute Gasteiger partial charge is 0.339 e. The van der Waals surface area contributed by atoms with Crippen LogP contribution in [-0.2, 0) is 13.1 Å². The van der Waals surface area contributed by atoms with Crippen molar-refractivity contribution >= 4 is 22.8 Å². The van der Waals surface area contributed by atoms with Crippen LogP contribution < -0.4 is 10.6 Å². The summed E-state index contributed by atoms with van der Waals surface area (Å²) in [6.07, 6.45) is 3.92. The van der Waals surface area contributed by atoms with E-state index in [1.807, 2.05) is 48.3 Å². The molecule has 0 unspecified atom stereocenters. The molecule has 0 atom stereocenters. The maximum Gasteiger partial charge on any atom is 0.321 e. The smallest absolute Gasteiger partial charge is 0.321 e. The Morgan fingerprint density at radius 1 is 1.03 bits per heavy atom. The van der Waals surface area contributed by atoms with Crippen molar-refractivity contribution in [3.63, 3.8) is 0 Å². The SMILES string of the molecule is CCn1cc(-c2ccnc3[nH]c(-c4cccc(CNC)c4)cc23)c(-c2ccc(NC(=O)N(C)C)cc2)n1. The minimum absolute atomic E-state index is 0.164. The number of nitrogens with zero attached hydrogens (tertiary/aromatic N) is 4. The maximum atomic E-state index is 12.0. The molecular weight excluding hydrogens is 462 g/mol. The van der Waals surface area contributed by atoms with Crippen LogP contribution in [-0.4, -0.2) is 51.8 Å². The molecule has 8 heteroatoms. The fraction of sp³-hybridized carbons (Fsp3) is 0.207. The topological polar surface area (TPSA) is 90.9 Å². The molecule has 8 nitrogen and oxygen atoms in total. The number of amides is 2. The molecule has 2 amide bonds. The monoisotopic (exact) mass is 493 g/mol. The molecular formula is C29H31N7O. The van der Waals surface area contributed by atoms with Gasteiger partial charge in [-0.25, -0.2) is 9.78 Å². The zero-order valence-electron chi connectivity index (χ0n) is 21.5. The molecule has 37 heavy (non-hydrogen) atoms. The second kappa shape index (κ2) is 10.3. The van der Waals surface area contributed by atoms with Crippen molar-refractivity contribution in [3.8, 4) is 33.6 Å². The first-order valence-electron chi connectivity index (χ1n) is 12.3. The molecule has 5 aromatic rings. The zero-order chi connectivity index (χ0) is 25.9. The van der Waals surface area contributed by atoms with Gasteiger partial charge in [-0.3, -0.25) is 4.68 Å². The quantitative estimate of drug-likeness (QED) is 0.276. The van der Waals surface area contributed by atoms with Crippen LogP contribution in [0.25, 0.3) is 44.7 Å². The molecule has 0 aliphatic heterocycles. The molecule has 0 aliphatic carbocycles. The zero-order valence-corrected chi connectivity index (χ0v) is 21.5. The summed E-state index contributed by atoms with van der Waals surface area (Å²) in [6, 6.07) is 20.3. The van der Waals surface area contributed by atoms with Crippen molar-refractivity contribution in [2.24, 2.45) is 0 Å². The van der Waals surface area contributed by atoms with E-state index in [1.165, 1.54) is 10.5 Å². The van der Waals surface area contributed by atoms with E-state index in [-0.39, 0.29) is 6.03 Å². The number of hydrogen-bond acceptors (Lipinski definition) is 4. The highest BCUT2D eigenvalue weighted by Crippen LogP contribution is 2.37. The highest BCUT2D eigenvalue weighted by molar-refractivity contribution is 5.99. The third-order valence-electron chi connectivity index (χ3n) is 6.34. The Bertz CT molecular complexity index is 1550. The molecule has 5 rings (SSSR count). The highest BCUT2D eigenvalue weighted by Gasteiger charge is 2.17. The van der Waals surface area contributed by atoms with Crippen molar-refractivity contribution < 1.29 is 4.79 Å². The number of pyridine rings is 1. The fourth-order valence-corrected chi connectivity index (χ4v) is 4.41. The standard InChI is InChI=1S/C29H31N7O/c1-5-36-18-25(27(34-36)20-9-11-22(12-10-20)32-29(37)35(3)4)23-13-14-31-28-24(23)16-26(33-28)21-8-6-7-19(15-21)17-30-2/h6-16,18,30H,5,17H2,1-4H3,(H,31,33)(H,32,37). The number of aryl methyl sites for hydroxylation is 1. The molecule has 0 fully saturated rings. The lowest BCUT2D eigenvalue weighted by atomic mass is 9.99. The van der Waals surface area contributed by atoms with Gasteiger partial charge in [0.1, 0.15) is 11.3 Å². The lowest BCUT2D eigenvalue weighted by molar-refractivity contribution is 0.230. The van der Waals surface area contributed by atoms with Gasteiger partial charge in [-0.15, -0.1) is 0 Å². The molecule has 0 saturated heterocycles. The van der Waals surface area contributed by atoms with Crippen LogP contribution in [0.3, 0.4) is 0 Å². The lowest BCUT2D eigenvalue weighted by Crippen LogP contribution is -2.27. The number of aromatic nitrogens is 4. The Labute approximate surface area is 216 Å². The molecule has 2 aromatic carbocycles. The van der Waals surface area contributed by atoms with Crippen molar-refractivity contribution in [1.29, 1.82) is 0 Å². The van der Waals surface area contributed by atoms with Crippen LogP contribution in [0.4, 0.5) is 10.5 Å². The van der Waals surface area contributed by atoms with Gasteiger partial charge in [0.05, 0.1) is 0 Å². The second-order valence-corrected chi connectivity index (χ2v) is 9.18. The summed E-state index contributed by atoms with van der Waals surface area (Å²) in [7, 11) is 5.38. The van der Waals surface area contributed by atoms with E-state index in [2.05, 4.69) is 64.1 Å². The van der Waals surface area contributed by atoms with E-state index in [0.717, 1.165) is 63.5 Å². The van der Waals surface area contributed by atoms with Crippen molar-refractivity contribution in [1.82, 2.24) is 30.0 Å². The molecule has 0 bridgehead atoms. The van der Waals surface area contributed by atoms with Crippen LogP contribution in [0.5, 0.6) is 0 Å². The van der Waals surface area contributed by atoms with Gasteiger partial charge in [0.25, 0.3) is 0 Å². The van der Waals surface area contributed by atoms with Gasteiger partial charge in [0.15, 0.2) is 0 Å². The van der Waals surface area contributed by atoms with Crippen LogP contribution in [0.1, 0.15) is 12.5 Å². The molecule has 0 spiro atoms. The fourth-order valence-electron chi connectivity index (χ4n) is 4.41. The van der Waals surface area contributed by atoms with Gasteiger partial charge in [-0.2, -0.15) is 5.10 Å². The van der Waals surface area contributed by atoms with E-state index in [0.29, 0.717) is 0 Å². The average Bonchev–Trinajstić information content (AvgIpc) is 3.54. The number of H-pyrrole nitrogens is 1. The molecule has 0 radical (unpaired) electrons. The van der Waals surface area contributed by atoms with E-state index in [4.69, 9.17) is 5.10 Å². The average molecular weight is 494 g/mol. The Hall–Kier alpha value is -4.43. The van der Waals surface area contributed by atoms with Crippen LogP contribution >= 0.6 is 0 Å². The normalized spacial score (nSPS) is 11.1. The van der Waals surface area contributed by atoms with Gasteiger partial charge in [0, 0.05) is 67.5 Å². The minimum Gasteiger partial charge on any atom is -0.339 e. The maximum absolute atomic E-state index is 12.0. The molecule has 3 aromatic heterocycles. The number of aromatic amines is 1. The van der Waals surface area contributed by atoms with Crippen molar-refractivity contribution in [2.75, 3.05) is 26.5 Å². The van der Waals surface area contributed by atoms with Gasteiger partial charge < -0.3 is 20.5 Å². The summed E-state index contributed by atoms with van der Waals surface area (Å²) in [6.45, 7) is 3.65. The number of nitrogens with one attached hydrogen (secondary N) is 3. The third-order valence-corrected chi connectivity index (χ3v) is 6.34. The van der Waals surface area contributed by atoms with Gasteiger partial charge in [-0.1, -0.05) is 30.3 Å². The van der Waals surface area contributed by atoms with Crippen LogP contribution in [0.15, 0.2) is 73.1 Å². The predicted molar refractivity (Wildman–Crippen MR) is 149 cm³/mol. The molecule has 3 N–H and O–H groups in total. The van der Waals surface area contributed by atoms with Crippen LogP contribution in [0.2, 0.25) is 0 Å². The number of anilines is 1. The molecule has 188 valence electrons. The lowest BCUT2D eigenvalue weighted by Gasteiger charge is -2.12. The Kier molecular flexibility index (Phi) is 6.74. The van der Waals surface area contributed by atoms with Gasteiger partial charge in [0.2, 0.25) is 0 Å². The number of hydrogen-bond donors (Lipinski definition) is 3. The van der Waals surface area contributed by atoms with E-state index < -0.39 is 0 Å². The Morgan fingerprint density at radius 2 is 1.84 bits per heavy atom. The molecule has 0 aliphatic rings. The summed E-state index contributed by atoms with van der Waals surface area (Å²) in [4.78, 5) is 21.6. The number of carbonyl (C=O) groups is 1. The number of benzene rings is 2. The number of urea groups is 1. The summed E-state index contributed by atoms with van der Waals surface area (Å²) in [5.41, 5.74) is 8.92. The van der Waals surface area contributed by atoms with E-state index in [1.54, 1.807) is 14.1 Å². The Morgan fingerprint density at radius 3 is 2.57 bits per heavy atom. The van der Waals surface area contributed by atoms with Crippen molar-refractivity contribution in [2.45, 2.75) is 20.0 Å². The van der Waals surface area contributed by atoms with Crippen molar-refractivity contribution in [3.05, 3.63) is 78.6 Å². The molecule has 0 saturated carbocycles.